The number of anilines is 2. The largest absolute Gasteiger partial charge is 0.464 e. The van der Waals surface area contributed by atoms with E-state index in [1.807, 2.05) is 6.92 Å². The molecule has 7 heteroatoms. The monoisotopic (exact) mass is 281 g/mol. The Bertz CT molecular complexity index is 423. The molecule has 1 saturated carbocycles. The normalized spacial score (nSPS) is 21.1. The predicted molar refractivity (Wildman–Crippen MR) is 77.2 cm³/mol. The summed E-state index contributed by atoms with van der Waals surface area (Å²) in [7, 11) is 1.74. The van der Waals surface area contributed by atoms with Gasteiger partial charge >= 0.3 is 6.01 Å². The van der Waals surface area contributed by atoms with Gasteiger partial charge in [0.2, 0.25) is 11.9 Å². The lowest BCUT2D eigenvalue weighted by molar-refractivity contribution is 0.0327. The van der Waals surface area contributed by atoms with Crippen molar-refractivity contribution < 1.29 is 9.47 Å². The number of methoxy groups -OCH3 is 1. The Kier molecular flexibility index (Phi) is 5.34. The summed E-state index contributed by atoms with van der Waals surface area (Å²) in [6.45, 7) is 5.36. The molecule has 1 aromatic rings. The van der Waals surface area contributed by atoms with Crippen molar-refractivity contribution in [3.05, 3.63) is 0 Å². The molecule has 1 aliphatic rings. The minimum atomic E-state index is 0.346. The van der Waals surface area contributed by atoms with Crippen LogP contribution in [0.1, 0.15) is 33.1 Å². The summed E-state index contributed by atoms with van der Waals surface area (Å²) < 4.78 is 10.6. The molecule has 0 unspecified atom stereocenters. The van der Waals surface area contributed by atoms with Crippen molar-refractivity contribution in [2.24, 2.45) is 0 Å². The van der Waals surface area contributed by atoms with Crippen LogP contribution in [0.3, 0.4) is 0 Å². The van der Waals surface area contributed by atoms with Crippen LogP contribution >= 0.6 is 0 Å². The van der Waals surface area contributed by atoms with E-state index in [1.165, 1.54) is 0 Å². The van der Waals surface area contributed by atoms with Crippen LogP contribution in [0.5, 0.6) is 6.01 Å². The topological polar surface area (TPSA) is 81.2 Å². The van der Waals surface area contributed by atoms with Gasteiger partial charge in [-0.15, -0.1) is 0 Å². The zero-order valence-electron chi connectivity index (χ0n) is 12.3. The smallest absolute Gasteiger partial charge is 0.323 e. The van der Waals surface area contributed by atoms with Crippen LogP contribution in [-0.2, 0) is 4.74 Å². The lowest BCUT2D eigenvalue weighted by Gasteiger charge is -2.34. The molecule has 7 nitrogen and oxygen atoms in total. The van der Waals surface area contributed by atoms with Crippen molar-refractivity contribution in [3.63, 3.8) is 0 Å². The van der Waals surface area contributed by atoms with Gasteiger partial charge in [-0.3, -0.25) is 0 Å². The summed E-state index contributed by atoms with van der Waals surface area (Å²) in [4.78, 5) is 12.9. The van der Waals surface area contributed by atoms with Crippen molar-refractivity contribution in [1.29, 1.82) is 0 Å². The fourth-order valence-electron chi connectivity index (χ4n) is 1.99. The summed E-state index contributed by atoms with van der Waals surface area (Å²) in [5, 5.41) is 6.45. The maximum absolute atomic E-state index is 5.38. The maximum atomic E-state index is 5.38. The zero-order valence-corrected chi connectivity index (χ0v) is 12.3. The molecule has 0 atom stereocenters. The quantitative estimate of drug-likeness (QED) is 0.750. The predicted octanol–water partition coefficient (Wildman–Crippen LogP) is 1.68. The fourth-order valence-corrected chi connectivity index (χ4v) is 1.99. The third-order valence-electron chi connectivity index (χ3n) is 3.18. The van der Waals surface area contributed by atoms with Crippen molar-refractivity contribution >= 4 is 11.9 Å². The number of hydrogen-bond donors (Lipinski definition) is 2. The Balaban J connectivity index is 2.00. The minimum absolute atomic E-state index is 0.346. The Morgan fingerprint density at radius 2 is 1.90 bits per heavy atom. The Morgan fingerprint density at radius 1 is 1.15 bits per heavy atom. The van der Waals surface area contributed by atoms with Crippen LogP contribution in [0.25, 0.3) is 0 Å². The summed E-state index contributed by atoms with van der Waals surface area (Å²) in [6, 6.07) is 0.710. The van der Waals surface area contributed by atoms with Gasteiger partial charge in [-0.1, -0.05) is 6.92 Å². The van der Waals surface area contributed by atoms with Gasteiger partial charge in [-0.25, -0.2) is 0 Å². The van der Waals surface area contributed by atoms with Crippen LogP contribution < -0.4 is 15.4 Å². The molecule has 0 aliphatic heterocycles. The molecule has 0 spiro atoms. The average molecular weight is 281 g/mol. The van der Waals surface area contributed by atoms with Crippen LogP contribution in [0.4, 0.5) is 11.9 Å². The number of ether oxygens (including phenoxy) is 2. The lowest BCUT2D eigenvalue weighted by Crippen LogP contribution is -2.40. The number of rotatable bonds is 8. The second-order valence-electron chi connectivity index (χ2n) is 4.80. The molecule has 0 radical (unpaired) electrons. The van der Waals surface area contributed by atoms with Gasteiger partial charge in [0.05, 0.1) is 12.7 Å². The first-order valence-electron chi connectivity index (χ1n) is 7.17. The van der Waals surface area contributed by atoms with Crippen LogP contribution in [0, 0.1) is 0 Å². The molecule has 2 N–H and O–H groups in total. The standard InChI is InChI=1S/C13H23N5O2/c1-4-6-14-11-16-12(18-13(17-11)20-5-2)15-9-7-10(8-9)19-3/h9-10H,4-8H2,1-3H3,(H2,14,15,16,17,18). The third-order valence-corrected chi connectivity index (χ3v) is 3.18. The lowest BCUT2D eigenvalue weighted by atomic mass is 9.89. The average Bonchev–Trinajstić information content (AvgIpc) is 2.40. The van der Waals surface area contributed by atoms with Crippen molar-refractivity contribution in [2.75, 3.05) is 30.9 Å². The third kappa shape index (κ3) is 3.93. The Labute approximate surface area is 119 Å². The van der Waals surface area contributed by atoms with E-state index in [0.717, 1.165) is 25.8 Å². The minimum Gasteiger partial charge on any atom is -0.464 e. The number of nitrogens with zero attached hydrogens (tertiary/aromatic N) is 3. The number of nitrogens with one attached hydrogen (secondary N) is 2. The van der Waals surface area contributed by atoms with E-state index in [0.29, 0.717) is 36.7 Å². The van der Waals surface area contributed by atoms with E-state index in [4.69, 9.17) is 9.47 Å². The van der Waals surface area contributed by atoms with Crippen molar-refractivity contribution in [3.8, 4) is 6.01 Å². The molecule has 0 amide bonds. The van der Waals surface area contributed by atoms with E-state index in [2.05, 4.69) is 32.5 Å². The fraction of sp³-hybridized carbons (Fsp3) is 0.769. The highest BCUT2D eigenvalue weighted by Gasteiger charge is 2.29. The molecule has 0 aromatic carbocycles. The highest BCUT2D eigenvalue weighted by Crippen LogP contribution is 2.25. The van der Waals surface area contributed by atoms with E-state index >= 15 is 0 Å². The molecule has 0 bridgehead atoms. The summed E-state index contributed by atoms with van der Waals surface area (Å²) in [6.07, 6.45) is 3.31. The summed E-state index contributed by atoms with van der Waals surface area (Å²) >= 11 is 0. The summed E-state index contributed by atoms with van der Waals surface area (Å²) in [5.41, 5.74) is 0. The zero-order chi connectivity index (χ0) is 14.4. The molecule has 2 rings (SSSR count). The van der Waals surface area contributed by atoms with Gasteiger partial charge in [0, 0.05) is 19.7 Å². The van der Waals surface area contributed by atoms with E-state index < -0.39 is 0 Å². The molecule has 20 heavy (non-hydrogen) atoms. The second-order valence-corrected chi connectivity index (χ2v) is 4.80. The molecule has 1 aliphatic carbocycles. The molecule has 1 fully saturated rings. The van der Waals surface area contributed by atoms with Gasteiger partial charge < -0.3 is 20.1 Å². The highest BCUT2D eigenvalue weighted by molar-refractivity contribution is 5.37. The van der Waals surface area contributed by atoms with Crippen LogP contribution in [0.2, 0.25) is 0 Å². The molecular weight excluding hydrogens is 258 g/mol. The maximum Gasteiger partial charge on any atom is 0.323 e. The van der Waals surface area contributed by atoms with Crippen molar-refractivity contribution in [1.82, 2.24) is 15.0 Å². The van der Waals surface area contributed by atoms with Gasteiger partial charge in [0.1, 0.15) is 0 Å². The number of hydrogen-bond acceptors (Lipinski definition) is 7. The second kappa shape index (κ2) is 7.23. The molecular formula is C13H23N5O2. The first-order valence-corrected chi connectivity index (χ1v) is 7.17. The molecule has 1 aromatic heterocycles. The van der Waals surface area contributed by atoms with Crippen LogP contribution in [-0.4, -0.2) is 47.4 Å². The number of aromatic nitrogens is 3. The van der Waals surface area contributed by atoms with Gasteiger partial charge in [0.25, 0.3) is 0 Å². The van der Waals surface area contributed by atoms with Gasteiger partial charge in [-0.05, 0) is 26.2 Å². The van der Waals surface area contributed by atoms with E-state index in [9.17, 15) is 0 Å². The first-order chi connectivity index (χ1) is 9.75. The van der Waals surface area contributed by atoms with Gasteiger partial charge in [-0.2, -0.15) is 15.0 Å². The summed E-state index contributed by atoms with van der Waals surface area (Å²) in [5.74, 6) is 1.11. The highest BCUT2D eigenvalue weighted by atomic mass is 16.5. The van der Waals surface area contributed by atoms with E-state index in [-0.39, 0.29) is 0 Å². The van der Waals surface area contributed by atoms with E-state index in [1.54, 1.807) is 7.11 Å². The first kappa shape index (κ1) is 14.8. The molecule has 112 valence electrons. The Hall–Kier alpha value is -1.63. The molecule has 0 saturated heterocycles. The molecule has 1 heterocycles. The van der Waals surface area contributed by atoms with Crippen molar-refractivity contribution in [2.45, 2.75) is 45.3 Å². The SMILES string of the molecule is CCCNc1nc(NC2CC(OC)C2)nc(OCC)n1. The Morgan fingerprint density at radius 3 is 2.55 bits per heavy atom. The van der Waals surface area contributed by atoms with Crippen LogP contribution in [0.15, 0.2) is 0 Å². The van der Waals surface area contributed by atoms with Gasteiger partial charge in [0.15, 0.2) is 0 Å².